The van der Waals surface area contributed by atoms with Crippen LogP contribution in [0.5, 0.6) is 5.75 Å². The lowest BCUT2D eigenvalue weighted by atomic mass is 9.99. The first kappa shape index (κ1) is 18.9. The van der Waals surface area contributed by atoms with Gasteiger partial charge in [-0.3, -0.25) is 4.68 Å². The van der Waals surface area contributed by atoms with Gasteiger partial charge in [0.2, 0.25) is 0 Å². The Morgan fingerprint density at radius 2 is 2.00 bits per heavy atom. The SMILES string of the molecule is COc1cc(-c2cnn(C3CCN(CC4CNC4)CC3)c2C)cn2ncc(Cl)c12. The summed E-state index contributed by atoms with van der Waals surface area (Å²) in [6, 6.07) is 2.48. The van der Waals surface area contributed by atoms with E-state index in [2.05, 4.69) is 26.9 Å². The minimum atomic E-state index is 0.462. The van der Waals surface area contributed by atoms with Crippen LogP contribution in [0.3, 0.4) is 0 Å². The molecule has 5 rings (SSSR count). The van der Waals surface area contributed by atoms with E-state index in [9.17, 15) is 0 Å². The number of ether oxygens (including phenoxy) is 1. The third kappa shape index (κ3) is 3.41. The van der Waals surface area contributed by atoms with E-state index in [4.69, 9.17) is 21.4 Å². The molecule has 8 heteroatoms. The van der Waals surface area contributed by atoms with E-state index in [0.29, 0.717) is 11.1 Å². The summed E-state index contributed by atoms with van der Waals surface area (Å²) < 4.78 is 9.56. The molecule has 0 atom stereocenters. The van der Waals surface area contributed by atoms with Crippen molar-refractivity contribution in [3.05, 3.63) is 35.4 Å². The van der Waals surface area contributed by atoms with Crippen LogP contribution in [-0.4, -0.2) is 64.1 Å². The maximum atomic E-state index is 6.26. The van der Waals surface area contributed by atoms with E-state index in [-0.39, 0.29) is 0 Å². The Kier molecular flexibility index (Phi) is 4.97. The van der Waals surface area contributed by atoms with Crippen LogP contribution in [0.4, 0.5) is 0 Å². The zero-order valence-electron chi connectivity index (χ0n) is 16.9. The predicted molar refractivity (Wildman–Crippen MR) is 114 cm³/mol. The van der Waals surface area contributed by atoms with Gasteiger partial charge in [-0.05, 0) is 31.7 Å². The highest BCUT2D eigenvalue weighted by molar-refractivity contribution is 6.34. The Labute approximate surface area is 175 Å². The molecule has 154 valence electrons. The molecule has 0 radical (unpaired) electrons. The van der Waals surface area contributed by atoms with Crippen LogP contribution >= 0.6 is 11.6 Å². The monoisotopic (exact) mass is 414 g/mol. The summed E-state index contributed by atoms with van der Waals surface area (Å²) in [4.78, 5) is 2.61. The number of pyridine rings is 1. The van der Waals surface area contributed by atoms with Crippen molar-refractivity contribution in [1.82, 2.24) is 29.6 Å². The molecule has 3 aromatic heterocycles. The third-order valence-electron chi connectivity index (χ3n) is 6.39. The van der Waals surface area contributed by atoms with Crippen molar-refractivity contribution in [3.63, 3.8) is 0 Å². The van der Waals surface area contributed by atoms with E-state index < -0.39 is 0 Å². The van der Waals surface area contributed by atoms with Crippen LogP contribution < -0.4 is 10.1 Å². The highest BCUT2D eigenvalue weighted by atomic mass is 35.5. The van der Waals surface area contributed by atoms with Gasteiger partial charge in [0.15, 0.2) is 0 Å². The van der Waals surface area contributed by atoms with Crippen LogP contribution in [0, 0.1) is 12.8 Å². The Bertz CT molecular complexity index is 1020. The number of nitrogens with one attached hydrogen (secondary N) is 1. The topological polar surface area (TPSA) is 59.6 Å². The van der Waals surface area contributed by atoms with Gasteiger partial charge in [-0.1, -0.05) is 11.6 Å². The average molecular weight is 415 g/mol. The summed E-state index contributed by atoms with van der Waals surface area (Å²) in [7, 11) is 1.66. The fourth-order valence-corrected chi connectivity index (χ4v) is 4.84. The molecule has 0 aliphatic carbocycles. The van der Waals surface area contributed by atoms with Crippen LogP contribution in [0.2, 0.25) is 5.02 Å². The molecule has 2 aliphatic heterocycles. The fraction of sp³-hybridized carbons (Fsp3) is 0.524. The molecule has 2 saturated heterocycles. The molecular formula is C21H27ClN6O. The second-order valence-electron chi connectivity index (χ2n) is 8.23. The van der Waals surface area contributed by atoms with Gasteiger partial charge in [-0.25, -0.2) is 4.52 Å². The van der Waals surface area contributed by atoms with E-state index in [0.717, 1.165) is 54.2 Å². The maximum absolute atomic E-state index is 6.26. The van der Waals surface area contributed by atoms with Crippen molar-refractivity contribution in [1.29, 1.82) is 0 Å². The zero-order valence-corrected chi connectivity index (χ0v) is 17.7. The average Bonchev–Trinajstić information content (AvgIpc) is 3.27. The molecule has 7 nitrogen and oxygen atoms in total. The largest absolute Gasteiger partial charge is 0.494 e. The van der Waals surface area contributed by atoms with Crippen molar-refractivity contribution < 1.29 is 4.74 Å². The zero-order chi connectivity index (χ0) is 20.0. The quantitative estimate of drug-likeness (QED) is 0.695. The predicted octanol–water partition coefficient (Wildman–Crippen LogP) is 3.02. The summed E-state index contributed by atoms with van der Waals surface area (Å²) in [5, 5.41) is 13.1. The Hall–Kier alpha value is -2.09. The number of fused-ring (bicyclic) bond motifs is 1. The molecular weight excluding hydrogens is 388 g/mol. The Balaban J connectivity index is 1.37. The summed E-state index contributed by atoms with van der Waals surface area (Å²) >= 11 is 6.26. The van der Waals surface area contributed by atoms with Gasteiger partial charge in [0.05, 0.1) is 30.6 Å². The normalized spacial score (nSPS) is 19.0. The summed E-state index contributed by atoms with van der Waals surface area (Å²) in [5.41, 5.74) is 4.12. The van der Waals surface area contributed by atoms with Gasteiger partial charge in [0, 0.05) is 55.7 Å². The van der Waals surface area contributed by atoms with Gasteiger partial charge >= 0.3 is 0 Å². The lowest BCUT2D eigenvalue weighted by molar-refractivity contribution is 0.138. The molecule has 2 fully saturated rings. The van der Waals surface area contributed by atoms with Crippen molar-refractivity contribution in [2.75, 3.05) is 39.8 Å². The highest BCUT2D eigenvalue weighted by Crippen LogP contribution is 2.34. The number of likely N-dealkylation sites (tertiary alicyclic amines) is 1. The number of halogens is 1. The fourth-order valence-electron chi connectivity index (χ4n) is 4.62. The minimum Gasteiger partial charge on any atom is -0.494 e. The second-order valence-corrected chi connectivity index (χ2v) is 8.63. The van der Waals surface area contributed by atoms with E-state index >= 15 is 0 Å². The first-order chi connectivity index (χ1) is 14.1. The number of rotatable bonds is 5. The Morgan fingerprint density at radius 1 is 1.21 bits per heavy atom. The van der Waals surface area contributed by atoms with Crippen LogP contribution in [0.1, 0.15) is 24.6 Å². The van der Waals surface area contributed by atoms with Crippen LogP contribution in [0.25, 0.3) is 16.6 Å². The molecule has 0 saturated carbocycles. The first-order valence-electron chi connectivity index (χ1n) is 10.3. The first-order valence-corrected chi connectivity index (χ1v) is 10.7. The minimum absolute atomic E-state index is 0.462. The summed E-state index contributed by atoms with van der Waals surface area (Å²) in [6.45, 7) is 8.05. The van der Waals surface area contributed by atoms with E-state index in [1.165, 1.54) is 25.3 Å². The number of methoxy groups -OCH3 is 1. The number of hydrogen-bond donors (Lipinski definition) is 1. The molecule has 0 amide bonds. The van der Waals surface area contributed by atoms with Crippen molar-refractivity contribution in [2.24, 2.45) is 5.92 Å². The molecule has 1 N–H and O–H groups in total. The lowest BCUT2D eigenvalue weighted by Gasteiger charge is -2.37. The summed E-state index contributed by atoms with van der Waals surface area (Å²) in [5.74, 6) is 1.56. The Morgan fingerprint density at radius 3 is 2.69 bits per heavy atom. The molecule has 3 aromatic rings. The standard InChI is InChI=1S/C21H27ClN6O/c1-14-18(16-7-20(29-2)21-19(22)11-24-27(21)13-16)10-25-28(14)17-3-5-26(6-4-17)12-15-8-23-9-15/h7,10-11,13,15,17,23H,3-6,8-9,12H2,1-2H3. The van der Waals surface area contributed by atoms with Gasteiger partial charge < -0.3 is 15.0 Å². The van der Waals surface area contributed by atoms with Gasteiger partial charge in [-0.2, -0.15) is 10.2 Å². The van der Waals surface area contributed by atoms with Crippen molar-refractivity contribution in [3.8, 4) is 16.9 Å². The smallest absolute Gasteiger partial charge is 0.146 e. The number of hydrogen-bond acceptors (Lipinski definition) is 5. The lowest BCUT2D eigenvalue weighted by Crippen LogP contribution is -2.49. The number of piperidine rings is 1. The highest BCUT2D eigenvalue weighted by Gasteiger charge is 2.26. The summed E-state index contributed by atoms with van der Waals surface area (Å²) in [6.07, 6.45) is 7.91. The van der Waals surface area contributed by atoms with Crippen LogP contribution in [0.15, 0.2) is 24.7 Å². The number of nitrogens with zero attached hydrogens (tertiary/aromatic N) is 5. The maximum Gasteiger partial charge on any atom is 0.146 e. The molecule has 0 spiro atoms. The van der Waals surface area contributed by atoms with Gasteiger partial charge in [0.25, 0.3) is 0 Å². The van der Waals surface area contributed by atoms with Gasteiger partial charge in [0.1, 0.15) is 11.3 Å². The number of aromatic nitrogens is 4. The molecule has 5 heterocycles. The van der Waals surface area contributed by atoms with Crippen molar-refractivity contribution in [2.45, 2.75) is 25.8 Å². The van der Waals surface area contributed by atoms with Crippen LogP contribution in [-0.2, 0) is 0 Å². The van der Waals surface area contributed by atoms with E-state index in [1.807, 2.05) is 18.5 Å². The molecule has 0 aromatic carbocycles. The molecule has 0 unspecified atom stereocenters. The second kappa shape index (κ2) is 7.63. The third-order valence-corrected chi connectivity index (χ3v) is 6.67. The molecule has 29 heavy (non-hydrogen) atoms. The van der Waals surface area contributed by atoms with Crippen molar-refractivity contribution >= 4 is 17.1 Å². The van der Waals surface area contributed by atoms with Gasteiger partial charge in [-0.15, -0.1) is 0 Å². The molecule has 2 aliphatic rings. The van der Waals surface area contributed by atoms with E-state index in [1.54, 1.807) is 17.8 Å². The molecule has 0 bridgehead atoms.